The van der Waals surface area contributed by atoms with Crippen molar-refractivity contribution in [3.63, 3.8) is 0 Å². The van der Waals surface area contributed by atoms with Gasteiger partial charge in [0.15, 0.2) is 12.4 Å². The molecule has 0 aliphatic heterocycles. The molecule has 1 atom stereocenters. The van der Waals surface area contributed by atoms with Gasteiger partial charge in [0, 0.05) is 6.04 Å². The van der Waals surface area contributed by atoms with E-state index in [1.807, 2.05) is 13.0 Å². The van der Waals surface area contributed by atoms with Crippen LogP contribution in [0.3, 0.4) is 0 Å². The molecule has 114 valence electrons. The maximum absolute atomic E-state index is 12.2. The standard InChI is InChI=1S/C17H23NO3/c1-12-7-6-8-14(11-19)16(12)21-13(2)17(20)18-15-9-4-3-5-10-15/h6-8,11,13,15H,3-5,9-10H2,1-2H3,(H,18,20). The average molecular weight is 289 g/mol. The number of aldehydes is 1. The Hall–Kier alpha value is -1.84. The Bertz CT molecular complexity index is 507. The number of carbonyl (C=O) groups excluding carboxylic acids is 2. The summed E-state index contributed by atoms with van der Waals surface area (Å²) in [6.45, 7) is 3.59. The van der Waals surface area contributed by atoms with Gasteiger partial charge in [0.1, 0.15) is 5.75 Å². The first-order chi connectivity index (χ1) is 10.1. The monoisotopic (exact) mass is 289 g/mol. The van der Waals surface area contributed by atoms with E-state index in [9.17, 15) is 9.59 Å². The second kappa shape index (κ2) is 7.25. The first-order valence-electron chi connectivity index (χ1n) is 7.63. The lowest BCUT2D eigenvalue weighted by atomic mass is 9.95. The van der Waals surface area contributed by atoms with E-state index in [0.29, 0.717) is 11.3 Å². The van der Waals surface area contributed by atoms with Crippen molar-refractivity contribution in [1.29, 1.82) is 0 Å². The first-order valence-corrected chi connectivity index (χ1v) is 7.63. The number of amides is 1. The Morgan fingerprint density at radius 3 is 2.71 bits per heavy atom. The zero-order chi connectivity index (χ0) is 15.2. The number of ether oxygens (including phenoxy) is 1. The predicted octanol–water partition coefficient (Wildman–Crippen LogP) is 3.02. The zero-order valence-electron chi connectivity index (χ0n) is 12.7. The Labute approximate surface area is 125 Å². The van der Waals surface area contributed by atoms with Crippen LogP contribution >= 0.6 is 0 Å². The van der Waals surface area contributed by atoms with E-state index >= 15 is 0 Å². The van der Waals surface area contributed by atoms with Crippen LogP contribution in [0.4, 0.5) is 0 Å². The minimum absolute atomic E-state index is 0.109. The van der Waals surface area contributed by atoms with Gasteiger partial charge in [-0.1, -0.05) is 31.4 Å². The van der Waals surface area contributed by atoms with Crippen LogP contribution in [0.1, 0.15) is 54.9 Å². The van der Waals surface area contributed by atoms with Crippen molar-refractivity contribution >= 4 is 12.2 Å². The second-order valence-electron chi connectivity index (χ2n) is 5.71. The van der Waals surface area contributed by atoms with Gasteiger partial charge in [-0.25, -0.2) is 0 Å². The van der Waals surface area contributed by atoms with Crippen LogP contribution in [0.15, 0.2) is 18.2 Å². The Morgan fingerprint density at radius 1 is 1.33 bits per heavy atom. The lowest BCUT2D eigenvalue weighted by molar-refractivity contribution is -0.128. The van der Waals surface area contributed by atoms with E-state index < -0.39 is 6.10 Å². The number of para-hydroxylation sites is 1. The molecule has 4 heteroatoms. The highest BCUT2D eigenvalue weighted by atomic mass is 16.5. The highest BCUT2D eigenvalue weighted by Crippen LogP contribution is 2.23. The number of hydrogen-bond acceptors (Lipinski definition) is 3. The van der Waals surface area contributed by atoms with Crippen LogP contribution in [-0.2, 0) is 4.79 Å². The van der Waals surface area contributed by atoms with Crippen molar-refractivity contribution < 1.29 is 14.3 Å². The molecule has 1 aromatic carbocycles. The Morgan fingerprint density at radius 2 is 2.05 bits per heavy atom. The van der Waals surface area contributed by atoms with Gasteiger partial charge in [0.05, 0.1) is 5.56 Å². The number of nitrogens with one attached hydrogen (secondary N) is 1. The van der Waals surface area contributed by atoms with Crippen LogP contribution in [-0.4, -0.2) is 24.3 Å². The lowest BCUT2D eigenvalue weighted by Gasteiger charge is -2.25. The molecule has 0 aromatic heterocycles. The molecule has 0 heterocycles. The van der Waals surface area contributed by atoms with Crippen LogP contribution in [0.25, 0.3) is 0 Å². The number of rotatable bonds is 5. The molecule has 1 saturated carbocycles. The molecule has 0 bridgehead atoms. The highest BCUT2D eigenvalue weighted by molar-refractivity contribution is 5.83. The summed E-state index contributed by atoms with van der Waals surface area (Å²) in [6.07, 6.45) is 5.84. The Kier molecular flexibility index (Phi) is 5.37. The van der Waals surface area contributed by atoms with Gasteiger partial charge in [-0.15, -0.1) is 0 Å². The maximum atomic E-state index is 12.2. The minimum atomic E-state index is -0.605. The molecule has 1 fully saturated rings. The van der Waals surface area contributed by atoms with E-state index in [1.54, 1.807) is 19.1 Å². The molecule has 0 radical (unpaired) electrons. The van der Waals surface area contributed by atoms with Crippen molar-refractivity contribution in [2.24, 2.45) is 0 Å². The van der Waals surface area contributed by atoms with Gasteiger partial charge < -0.3 is 10.1 Å². The normalized spacial score (nSPS) is 17.0. The van der Waals surface area contributed by atoms with Crippen molar-refractivity contribution in [1.82, 2.24) is 5.32 Å². The summed E-state index contributed by atoms with van der Waals surface area (Å²) in [4.78, 5) is 23.3. The summed E-state index contributed by atoms with van der Waals surface area (Å²) >= 11 is 0. The third-order valence-electron chi connectivity index (χ3n) is 3.98. The first kappa shape index (κ1) is 15.5. The summed E-state index contributed by atoms with van der Waals surface area (Å²) in [5.41, 5.74) is 1.34. The summed E-state index contributed by atoms with van der Waals surface area (Å²) in [5, 5.41) is 3.04. The van der Waals surface area contributed by atoms with Gasteiger partial charge in [0.25, 0.3) is 5.91 Å². The van der Waals surface area contributed by atoms with Crippen molar-refractivity contribution in [3.8, 4) is 5.75 Å². The minimum Gasteiger partial charge on any atom is -0.480 e. The molecular formula is C17H23NO3. The van der Waals surface area contributed by atoms with E-state index in [4.69, 9.17) is 4.74 Å². The summed E-state index contributed by atoms with van der Waals surface area (Å²) in [6, 6.07) is 5.63. The molecule has 1 unspecified atom stereocenters. The predicted molar refractivity (Wildman–Crippen MR) is 81.7 cm³/mol. The molecule has 1 aliphatic rings. The lowest BCUT2D eigenvalue weighted by Crippen LogP contribution is -2.43. The zero-order valence-corrected chi connectivity index (χ0v) is 12.7. The van der Waals surface area contributed by atoms with Gasteiger partial charge in [-0.05, 0) is 38.3 Å². The molecule has 1 amide bonds. The van der Waals surface area contributed by atoms with Crippen molar-refractivity contribution in [2.75, 3.05) is 0 Å². The van der Waals surface area contributed by atoms with Gasteiger partial charge >= 0.3 is 0 Å². The van der Waals surface area contributed by atoms with E-state index in [1.165, 1.54) is 19.3 Å². The molecule has 1 aromatic rings. The van der Waals surface area contributed by atoms with E-state index in [2.05, 4.69) is 5.32 Å². The topological polar surface area (TPSA) is 55.4 Å². The second-order valence-corrected chi connectivity index (χ2v) is 5.71. The molecule has 0 saturated heterocycles. The third kappa shape index (κ3) is 4.06. The number of benzene rings is 1. The van der Waals surface area contributed by atoms with Crippen molar-refractivity contribution in [2.45, 2.75) is 58.1 Å². The third-order valence-corrected chi connectivity index (χ3v) is 3.98. The van der Waals surface area contributed by atoms with Crippen LogP contribution in [0, 0.1) is 6.92 Å². The number of aryl methyl sites for hydroxylation is 1. The van der Waals surface area contributed by atoms with Crippen molar-refractivity contribution in [3.05, 3.63) is 29.3 Å². The number of carbonyl (C=O) groups is 2. The maximum Gasteiger partial charge on any atom is 0.260 e. The van der Waals surface area contributed by atoms with Gasteiger partial charge in [0.2, 0.25) is 0 Å². The molecule has 21 heavy (non-hydrogen) atoms. The Balaban J connectivity index is 1.98. The summed E-state index contributed by atoms with van der Waals surface area (Å²) < 4.78 is 5.73. The SMILES string of the molecule is Cc1cccc(C=O)c1OC(C)C(=O)NC1CCCCC1. The fraction of sp³-hybridized carbons (Fsp3) is 0.529. The van der Waals surface area contributed by atoms with Crippen LogP contribution < -0.4 is 10.1 Å². The largest absolute Gasteiger partial charge is 0.480 e. The molecular weight excluding hydrogens is 266 g/mol. The summed E-state index contributed by atoms with van der Waals surface area (Å²) in [7, 11) is 0. The average Bonchev–Trinajstić information content (AvgIpc) is 2.50. The van der Waals surface area contributed by atoms with Crippen LogP contribution in [0.2, 0.25) is 0 Å². The molecule has 4 nitrogen and oxygen atoms in total. The van der Waals surface area contributed by atoms with E-state index in [-0.39, 0.29) is 11.9 Å². The van der Waals surface area contributed by atoms with Gasteiger partial charge in [-0.3, -0.25) is 9.59 Å². The quantitative estimate of drug-likeness (QED) is 0.848. The molecule has 2 rings (SSSR count). The highest BCUT2D eigenvalue weighted by Gasteiger charge is 2.21. The fourth-order valence-electron chi connectivity index (χ4n) is 2.72. The molecule has 1 aliphatic carbocycles. The fourth-order valence-corrected chi connectivity index (χ4v) is 2.72. The molecule has 1 N–H and O–H groups in total. The van der Waals surface area contributed by atoms with Crippen LogP contribution in [0.5, 0.6) is 5.75 Å². The van der Waals surface area contributed by atoms with Gasteiger partial charge in [-0.2, -0.15) is 0 Å². The molecule has 0 spiro atoms. The number of hydrogen-bond donors (Lipinski definition) is 1. The smallest absolute Gasteiger partial charge is 0.260 e. The summed E-state index contributed by atoms with van der Waals surface area (Å²) in [5.74, 6) is 0.390. The van der Waals surface area contributed by atoms with E-state index in [0.717, 1.165) is 24.7 Å².